The van der Waals surface area contributed by atoms with Gasteiger partial charge in [-0.2, -0.15) is 4.31 Å². The Labute approximate surface area is 172 Å². The highest BCUT2D eigenvalue weighted by Gasteiger charge is 2.37. The Morgan fingerprint density at radius 3 is 2.54 bits per heavy atom. The number of sulfonamides is 1. The SMILES string of the molecule is CS(=O)(=O)N1CCCCC1C(=O)N1CCN(CCOc2ccccc2Cl)CC1. The summed E-state index contributed by atoms with van der Waals surface area (Å²) < 4.78 is 31.1. The van der Waals surface area contributed by atoms with Gasteiger partial charge in [0, 0.05) is 39.3 Å². The number of benzene rings is 1. The van der Waals surface area contributed by atoms with Gasteiger partial charge in [-0.05, 0) is 25.0 Å². The number of hydrogen-bond donors (Lipinski definition) is 0. The maximum atomic E-state index is 12.9. The van der Waals surface area contributed by atoms with Gasteiger partial charge in [0.1, 0.15) is 18.4 Å². The molecule has 1 atom stereocenters. The molecule has 2 fully saturated rings. The van der Waals surface area contributed by atoms with Crippen LogP contribution in [0.3, 0.4) is 0 Å². The standard InChI is InChI=1S/C19H28ClN3O4S/c1-28(25,26)23-9-5-4-7-17(23)19(24)22-12-10-21(11-13-22)14-15-27-18-8-3-2-6-16(18)20/h2-3,6,8,17H,4-5,7,9-15H2,1H3. The molecule has 1 aromatic rings. The summed E-state index contributed by atoms with van der Waals surface area (Å²) in [7, 11) is -3.36. The number of halogens is 1. The lowest BCUT2D eigenvalue weighted by Crippen LogP contribution is -2.57. The number of carbonyl (C=O) groups excluding carboxylic acids is 1. The minimum atomic E-state index is -3.36. The van der Waals surface area contributed by atoms with Gasteiger partial charge in [-0.1, -0.05) is 30.2 Å². The van der Waals surface area contributed by atoms with Gasteiger partial charge >= 0.3 is 0 Å². The zero-order chi connectivity index (χ0) is 20.1. The molecule has 0 saturated carbocycles. The van der Waals surface area contributed by atoms with E-state index in [-0.39, 0.29) is 5.91 Å². The van der Waals surface area contributed by atoms with E-state index in [1.165, 1.54) is 10.6 Å². The molecule has 0 spiro atoms. The van der Waals surface area contributed by atoms with Crippen LogP contribution < -0.4 is 4.74 Å². The highest BCUT2D eigenvalue weighted by Crippen LogP contribution is 2.24. The van der Waals surface area contributed by atoms with Crippen molar-refractivity contribution >= 4 is 27.5 Å². The zero-order valence-corrected chi connectivity index (χ0v) is 17.8. The number of ether oxygens (including phenoxy) is 1. The first-order valence-electron chi connectivity index (χ1n) is 9.71. The molecule has 2 aliphatic rings. The van der Waals surface area contributed by atoms with Gasteiger partial charge < -0.3 is 9.64 Å². The smallest absolute Gasteiger partial charge is 0.241 e. The van der Waals surface area contributed by atoms with E-state index in [4.69, 9.17) is 16.3 Å². The van der Waals surface area contributed by atoms with Crippen LogP contribution >= 0.6 is 11.6 Å². The summed E-state index contributed by atoms with van der Waals surface area (Å²) in [6.45, 7) is 4.45. The maximum absolute atomic E-state index is 12.9. The van der Waals surface area contributed by atoms with Gasteiger partial charge in [0.15, 0.2) is 0 Å². The Bertz CT molecular complexity index is 781. The summed E-state index contributed by atoms with van der Waals surface area (Å²) >= 11 is 6.09. The molecule has 2 saturated heterocycles. The molecular formula is C19H28ClN3O4S. The summed E-state index contributed by atoms with van der Waals surface area (Å²) in [5, 5.41) is 0.598. The molecule has 2 aliphatic heterocycles. The van der Waals surface area contributed by atoms with E-state index in [2.05, 4.69) is 4.90 Å². The third kappa shape index (κ3) is 5.37. The number of nitrogens with zero attached hydrogens (tertiary/aromatic N) is 3. The van der Waals surface area contributed by atoms with Crippen molar-refractivity contribution < 1.29 is 17.9 Å². The maximum Gasteiger partial charge on any atom is 0.241 e. The summed E-state index contributed by atoms with van der Waals surface area (Å²) in [5.74, 6) is 0.619. The average molecular weight is 430 g/mol. The molecular weight excluding hydrogens is 402 g/mol. The molecule has 0 bridgehead atoms. The van der Waals surface area contributed by atoms with E-state index in [0.717, 1.165) is 32.5 Å². The molecule has 1 unspecified atom stereocenters. The lowest BCUT2D eigenvalue weighted by molar-refractivity contribution is -0.138. The molecule has 28 heavy (non-hydrogen) atoms. The van der Waals surface area contributed by atoms with Crippen LogP contribution in [-0.2, 0) is 14.8 Å². The lowest BCUT2D eigenvalue weighted by atomic mass is 10.0. The highest BCUT2D eigenvalue weighted by molar-refractivity contribution is 7.88. The van der Waals surface area contributed by atoms with Crippen LogP contribution in [-0.4, -0.2) is 86.6 Å². The van der Waals surface area contributed by atoms with E-state index in [0.29, 0.717) is 43.4 Å². The van der Waals surface area contributed by atoms with E-state index < -0.39 is 16.1 Å². The second kappa shape index (κ2) is 9.43. The summed E-state index contributed by atoms with van der Waals surface area (Å²) in [5.41, 5.74) is 0. The number of amides is 1. The molecule has 0 N–H and O–H groups in total. The third-order valence-electron chi connectivity index (χ3n) is 5.35. The third-order valence-corrected chi connectivity index (χ3v) is 6.95. The van der Waals surface area contributed by atoms with Crippen molar-refractivity contribution in [2.45, 2.75) is 25.3 Å². The van der Waals surface area contributed by atoms with Gasteiger partial charge in [-0.3, -0.25) is 9.69 Å². The minimum absolute atomic E-state index is 0.0582. The van der Waals surface area contributed by atoms with Gasteiger partial charge in [0.25, 0.3) is 0 Å². The fraction of sp³-hybridized carbons (Fsp3) is 0.632. The molecule has 0 aromatic heterocycles. The van der Waals surface area contributed by atoms with Crippen molar-refractivity contribution in [1.82, 2.24) is 14.1 Å². The van der Waals surface area contributed by atoms with E-state index >= 15 is 0 Å². The Morgan fingerprint density at radius 2 is 1.86 bits per heavy atom. The van der Waals surface area contributed by atoms with Gasteiger partial charge in [0.2, 0.25) is 15.9 Å². The quantitative estimate of drug-likeness (QED) is 0.688. The highest BCUT2D eigenvalue weighted by atomic mass is 35.5. The fourth-order valence-electron chi connectivity index (χ4n) is 3.80. The van der Waals surface area contributed by atoms with Crippen LogP contribution in [0.15, 0.2) is 24.3 Å². The normalized spacial score (nSPS) is 22.2. The Kier molecular flexibility index (Phi) is 7.20. The number of para-hydroxylation sites is 1. The van der Waals surface area contributed by atoms with Gasteiger partial charge in [-0.25, -0.2) is 8.42 Å². The van der Waals surface area contributed by atoms with Gasteiger partial charge in [0.05, 0.1) is 11.3 Å². The van der Waals surface area contributed by atoms with E-state index in [9.17, 15) is 13.2 Å². The second-order valence-electron chi connectivity index (χ2n) is 7.33. The first-order chi connectivity index (χ1) is 13.4. The average Bonchev–Trinajstić information content (AvgIpc) is 2.69. The predicted octanol–water partition coefficient (Wildman–Crippen LogP) is 1.68. The molecule has 2 heterocycles. The van der Waals surface area contributed by atoms with Crippen LogP contribution in [0.25, 0.3) is 0 Å². The largest absolute Gasteiger partial charge is 0.491 e. The molecule has 156 valence electrons. The number of rotatable bonds is 6. The molecule has 7 nitrogen and oxygen atoms in total. The first kappa shape index (κ1) is 21.4. The zero-order valence-electron chi connectivity index (χ0n) is 16.2. The van der Waals surface area contributed by atoms with Crippen molar-refractivity contribution in [1.29, 1.82) is 0 Å². The number of carbonyl (C=O) groups is 1. The molecule has 0 aliphatic carbocycles. The van der Waals surface area contributed by atoms with Crippen molar-refractivity contribution in [3.05, 3.63) is 29.3 Å². The van der Waals surface area contributed by atoms with Crippen LogP contribution in [0.1, 0.15) is 19.3 Å². The molecule has 0 radical (unpaired) electrons. The monoisotopic (exact) mass is 429 g/mol. The molecule has 3 rings (SSSR count). The number of piperidine rings is 1. The topological polar surface area (TPSA) is 70.2 Å². The number of hydrogen-bond acceptors (Lipinski definition) is 5. The second-order valence-corrected chi connectivity index (χ2v) is 9.67. The summed E-state index contributed by atoms with van der Waals surface area (Å²) in [6, 6.07) is 6.85. The van der Waals surface area contributed by atoms with Crippen molar-refractivity contribution in [2.75, 3.05) is 52.1 Å². The van der Waals surface area contributed by atoms with E-state index in [1.54, 1.807) is 11.0 Å². The van der Waals surface area contributed by atoms with Gasteiger partial charge in [-0.15, -0.1) is 0 Å². The molecule has 1 aromatic carbocycles. The van der Waals surface area contributed by atoms with Crippen molar-refractivity contribution in [3.63, 3.8) is 0 Å². The summed E-state index contributed by atoms with van der Waals surface area (Å²) in [4.78, 5) is 17.0. The van der Waals surface area contributed by atoms with Crippen LogP contribution in [0, 0.1) is 0 Å². The lowest BCUT2D eigenvalue weighted by Gasteiger charge is -2.39. The Balaban J connectivity index is 1.46. The van der Waals surface area contributed by atoms with E-state index in [1.807, 2.05) is 18.2 Å². The molecule has 9 heteroatoms. The van der Waals surface area contributed by atoms with Crippen LogP contribution in [0.5, 0.6) is 5.75 Å². The Morgan fingerprint density at radius 1 is 1.14 bits per heavy atom. The van der Waals surface area contributed by atoms with Crippen molar-refractivity contribution in [3.8, 4) is 5.75 Å². The Hall–Kier alpha value is -1.35. The summed E-state index contributed by atoms with van der Waals surface area (Å²) in [6.07, 6.45) is 3.51. The fourth-order valence-corrected chi connectivity index (χ4v) is 5.11. The van der Waals surface area contributed by atoms with Crippen LogP contribution in [0.2, 0.25) is 5.02 Å². The minimum Gasteiger partial charge on any atom is -0.491 e. The number of piperazine rings is 1. The van der Waals surface area contributed by atoms with Crippen LogP contribution in [0.4, 0.5) is 0 Å². The first-order valence-corrected chi connectivity index (χ1v) is 11.9. The predicted molar refractivity (Wildman–Crippen MR) is 109 cm³/mol. The van der Waals surface area contributed by atoms with Crippen molar-refractivity contribution in [2.24, 2.45) is 0 Å². The molecule has 1 amide bonds.